The predicted octanol–water partition coefficient (Wildman–Crippen LogP) is 3.31. The number of benzene rings is 1. The molecular weight excluding hydrogens is 248 g/mol. The second-order valence-corrected chi connectivity index (χ2v) is 5.91. The Morgan fingerprint density at radius 2 is 1.90 bits per heavy atom. The third kappa shape index (κ3) is 4.25. The number of hydrogen-bond acceptors (Lipinski definition) is 3. The zero-order chi connectivity index (χ0) is 14.4. The van der Waals surface area contributed by atoms with Crippen molar-refractivity contribution in [3.8, 4) is 11.8 Å². The molecule has 0 spiro atoms. The van der Waals surface area contributed by atoms with Crippen molar-refractivity contribution < 1.29 is 4.74 Å². The fourth-order valence-electron chi connectivity index (χ4n) is 2.76. The lowest BCUT2D eigenvalue weighted by atomic mass is 9.87. The average Bonchev–Trinajstić information content (AvgIpc) is 2.48. The molecule has 20 heavy (non-hydrogen) atoms. The molecular formula is C17H24N2O. The van der Waals surface area contributed by atoms with Crippen molar-refractivity contribution in [1.29, 1.82) is 5.26 Å². The number of nitrogens with zero attached hydrogens (tertiary/aromatic N) is 2. The summed E-state index contributed by atoms with van der Waals surface area (Å²) in [5.74, 6) is 2.55. The Hall–Kier alpha value is -1.53. The van der Waals surface area contributed by atoms with E-state index >= 15 is 0 Å². The van der Waals surface area contributed by atoms with E-state index in [0.717, 1.165) is 30.7 Å². The molecule has 108 valence electrons. The summed E-state index contributed by atoms with van der Waals surface area (Å²) in [6, 6.07) is 9.43. The van der Waals surface area contributed by atoms with E-state index in [0.29, 0.717) is 5.56 Å². The fourth-order valence-corrected chi connectivity index (χ4v) is 2.76. The summed E-state index contributed by atoms with van der Waals surface area (Å²) in [5.41, 5.74) is 0.674. The molecule has 1 aliphatic heterocycles. The monoisotopic (exact) mass is 272 g/mol. The molecule has 0 amide bonds. The molecule has 0 bridgehead atoms. The van der Waals surface area contributed by atoms with Crippen LogP contribution in [0.15, 0.2) is 24.3 Å². The Balaban J connectivity index is 1.67. The molecule has 3 nitrogen and oxygen atoms in total. The van der Waals surface area contributed by atoms with Crippen LogP contribution in [0, 0.1) is 23.2 Å². The second kappa shape index (κ2) is 7.31. The Bertz CT molecular complexity index is 439. The van der Waals surface area contributed by atoms with Gasteiger partial charge in [0.25, 0.3) is 0 Å². The Labute approximate surface area is 122 Å². The van der Waals surface area contributed by atoms with Gasteiger partial charge in [-0.05, 0) is 62.0 Å². The molecule has 0 unspecified atom stereocenters. The van der Waals surface area contributed by atoms with Crippen LogP contribution in [0.1, 0.15) is 32.3 Å². The molecule has 1 aromatic carbocycles. The van der Waals surface area contributed by atoms with Crippen LogP contribution in [0.2, 0.25) is 0 Å². The Morgan fingerprint density at radius 1 is 1.25 bits per heavy atom. The normalized spacial score (nSPS) is 17.1. The summed E-state index contributed by atoms with van der Waals surface area (Å²) >= 11 is 0. The molecule has 0 aromatic heterocycles. The summed E-state index contributed by atoms with van der Waals surface area (Å²) in [5, 5.41) is 8.74. The summed E-state index contributed by atoms with van der Waals surface area (Å²) in [7, 11) is 0. The lowest BCUT2D eigenvalue weighted by Gasteiger charge is -2.33. The number of likely N-dealkylation sites (tertiary alicyclic amines) is 1. The molecule has 1 aliphatic rings. The van der Waals surface area contributed by atoms with Crippen LogP contribution in [0.3, 0.4) is 0 Å². The van der Waals surface area contributed by atoms with E-state index < -0.39 is 0 Å². The number of ether oxygens (including phenoxy) is 1. The first-order valence-electron chi connectivity index (χ1n) is 7.54. The SMILES string of the molecule is CC(C)C1CCN(CCOc2ccc(C#N)cc2)CC1. The number of rotatable bonds is 5. The van der Waals surface area contributed by atoms with E-state index in [1.165, 1.54) is 25.9 Å². The van der Waals surface area contributed by atoms with Crippen molar-refractivity contribution in [1.82, 2.24) is 4.90 Å². The second-order valence-electron chi connectivity index (χ2n) is 5.91. The zero-order valence-electron chi connectivity index (χ0n) is 12.5. The van der Waals surface area contributed by atoms with Crippen LogP contribution in [-0.4, -0.2) is 31.1 Å². The van der Waals surface area contributed by atoms with Gasteiger partial charge in [-0.3, -0.25) is 4.90 Å². The van der Waals surface area contributed by atoms with Gasteiger partial charge in [0.15, 0.2) is 0 Å². The van der Waals surface area contributed by atoms with Crippen LogP contribution in [0.25, 0.3) is 0 Å². The summed E-state index contributed by atoms with van der Waals surface area (Å²) < 4.78 is 5.73. The molecule has 0 saturated carbocycles. The van der Waals surface area contributed by atoms with Gasteiger partial charge in [0.1, 0.15) is 12.4 Å². The summed E-state index contributed by atoms with van der Waals surface area (Å²) in [4.78, 5) is 2.49. The predicted molar refractivity (Wildman–Crippen MR) is 80.7 cm³/mol. The van der Waals surface area contributed by atoms with E-state index in [1.54, 1.807) is 12.1 Å². The topological polar surface area (TPSA) is 36.3 Å². The van der Waals surface area contributed by atoms with Crippen LogP contribution >= 0.6 is 0 Å². The van der Waals surface area contributed by atoms with Crippen LogP contribution in [-0.2, 0) is 0 Å². The Kier molecular flexibility index (Phi) is 5.43. The molecule has 0 aliphatic carbocycles. The first-order chi connectivity index (χ1) is 9.69. The van der Waals surface area contributed by atoms with Gasteiger partial charge in [-0.15, -0.1) is 0 Å². The molecule has 3 heteroatoms. The number of piperidine rings is 1. The highest BCUT2D eigenvalue weighted by atomic mass is 16.5. The third-order valence-corrected chi connectivity index (χ3v) is 4.23. The minimum Gasteiger partial charge on any atom is -0.492 e. The molecule has 1 fully saturated rings. The van der Waals surface area contributed by atoms with Crippen LogP contribution in [0.4, 0.5) is 0 Å². The maximum atomic E-state index is 8.74. The highest BCUT2D eigenvalue weighted by Crippen LogP contribution is 2.24. The van der Waals surface area contributed by atoms with Gasteiger partial charge in [0.2, 0.25) is 0 Å². The van der Waals surface area contributed by atoms with Crippen molar-refractivity contribution in [3.63, 3.8) is 0 Å². The van der Waals surface area contributed by atoms with Crippen molar-refractivity contribution in [3.05, 3.63) is 29.8 Å². The van der Waals surface area contributed by atoms with Gasteiger partial charge in [-0.2, -0.15) is 5.26 Å². The number of nitriles is 1. The van der Waals surface area contributed by atoms with Crippen molar-refractivity contribution in [2.24, 2.45) is 11.8 Å². The third-order valence-electron chi connectivity index (χ3n) is 4.23. The molecule has 0 N–H and O–H groups in total. The molecule has 1 heterocycles. The largest absolute Gasteiger partial charge is 0.492 e. The van der Waals surface area contributed by atoms with Crippen molar-refractivity contribution in [2.45, 2.75) is 26.7 Å². The zero-order valence-corrected chi connectivity index (χ0v) is 12.5. The first kappa shape index (κ1) is 14.9. The average molecular weight is 272 g/mol. The van der Waals surface area contributed by atoms with Crippen LogP contribution in [0.5, 0.6) is 5.75 Å². The van der Waals surface area contributed by atoms with E-state index in [2.05, 4.69) is 24.8 Å². The van der Waals surface area contributed by atoms with Crippen LogP contribution < -0.4 is 4.74 Å². The lowest BCUT2D eigenvalue weighted by Crippen LogP contribution is -2.37. The van der Waals surface area contributed by atoms with Gasteiger partial charge in [-0.25, -0.2) is 0 Å². The van der Waals surface area contributed by atoms with Gasteiger partial charge in [-0.1, -0.05) is 13.8 Å². The first-order valence-corrected chi connectivity index (χ1v) is 7.54. The minimum atomic E-state index is 0.674. The molecule has 0 atom stereocenters. The fraction of sp³-hybridized carbons (Fsp3) is 0.588. The Morgan fingerprint density at radius 3 is 2.45 bits per heavy atom. The maximum absolute atomic E-state index is 8.74. The van der Waals surface area contributed by atoms with Crippen molar-refractivity contribution in [2.75, 3.05) is 26.2 Å². The van der Waals surface area contributed by atoms with Crippen molar-refractivity contribution >= 4 is 0 Å². The quantitative estimate of drug-likeness (QED) is 0.825. The highest BCUT2D eigenvalue weighted by molar-refractivity contribution is 5.34. The lowest BCUT2D eigenvalue weighted by molar-refractivity contribution is 0.137. The van der Waals surface area contributed by atoms with E-state index in [-0.39, 0.29) is 0 Å². The number of hydrogen-bond donors (Lipinski definition) is 0. The minimum absolute atomic E-state index is 0.674. The smallest absolute Gasteiger partial charge is 0.119 e. The highest BCUT2D eigenvalue weighted by Gasteiger charge is 2.21. The molecule has 2 rings (SSSR count). The summed E-state index contributed by atoms with van der Waals surface area (Å²) in [6.45, 7) is 8.75. The van der Waals surface area contributed by atoms with E-state index in [9.17, 15) is 0 Å². The van der Waals surface area contributed by atoms with E-state index in [1.807, 2.05) is 12.1 Å². The molecule has 1 aromatic rings. The van der Waals surface area contributed by atoms with Gasteiger partial charge in [0, 0.05) is 6.54 Å². The van der Waals surface area contributed by atoms with Gasteiger partial charge >= 0.3 is 0 Å². The van der Waals surface area contributed by atoms with Gasteiger partial charge in [0.05, 0.1) is 11.6 Å². The maximum Gasteiger partial charge on any atom is 0.119 e. The molecule has 1 saturated heterocycles. The van der Waals surface area contributed by atoms with Gasteiger partial charge < -0.3 is 4.74 Å². The van der Waals surface area contributed by atoms with E-state index in [4.69, 9.17) is 10.00 Å². The molecule has 0 radical (unpaired) electrons. The summed E-state index contributed by atoms with van der Waals surface area (Å²) in [6.07, 6.45) is 2.63. The standard InChI is InChI=1S/C17H24N2O/c1-14(2)16-7-9-19(10-8-16)11-12-20-17-5-3-15(13-18)4-6-17/h3-6,14,16H,7-12H2,1-2H3.